The molecule has 1 saturated heterocycles. The van der Waals surface area contributed by atoms with E-state index in [0.717, 1.165) is 0 Å². The number of hydrogen-bond acceptors (Lipinski definition) is 6. The van der Waals surface area contributed by atoms with Gasteiger partial charge in [-0.25, -0.2) is 4.57 Å². The predicted octanol–water partition coefficient (Wildman–Crippen LogP) is -2.24. The Morgan fingerprint density at radius 3 is 1.94 bits per heavy atom. The minimum absolute atomic E-state index is 0.708. The minimum atomic E-state index is -4.75. The molecule has 12 heteroatoms. The second kappa shape index (κ2) is 5.64. The van der Waals surface area contributed by atoms with Gasteiger partial charge < -0.3 is 34.5 Å². The van der Waals surface area contributed by atoms with Gasteiger partial charge in [-0.2, -0.15) is 0 Å². The van der Waals surface area contributed by atoms with Gasteiger partial charge in [-0.3, -0.25) is 9.09 Å². The van der Waals surface area contributed by atoms with Gasteiger partial charge in [0.2, 0.25) is 0 Å². The van der Waals surface area contributed by atoms with E-state index in [0.29, 0.717) is 0 Å². The summed E-state index contributed by atoms with van der Waals surface area (Å²) in [4.78, 5) is 34.3. The number of phosphoric acid groups is 1. The first-order valence-corrected chi connectivity index (χ1v) is 8.08. The van der Waals surface area contributed by atoms with E-state index in [1.807, 2.05) is 0 Å². The fourth-order valence-electron chi connectivity index (χ4n) is 1.52. The topological polar surface area (TPSA) is 174 Å². The number of aliphatic hydroxyl groups is 2. The van der Waals surface area contributed by atoms with Crippen molar-refractivity contribution in [1.29, 1.82) is 0 Å². The fraction of sp³-hybridized carbons (Fsp3) is 1.00. The number of rotatable bonds is 5. The van der Waals surface area contributed by atoms with Crippen molar-refractivity contribution in [2.75, 3.05) is 12.8 Å². The van der Waals surface area contributed by atoms with Crippen LogP contribution < -0.4 is 0 Å². The third kappa shape index (κ3) is 5.02. The maximum atomic E-state index is 10.7. The summed E-state index contributed by atoms with van der Waals surface area (Å²) in [7, 11) is -9.20. The summed E-state index contributed by atoms with van der Waals surface area (Å²) in [6.07, 6.45) is -6.52. The Balaban J connectivity index is 2.59. The molecule has 1 aliphatic heterocycles. The van der Waals surface area contributed by atoms with Crippen LogP contribution in [-0.4, -0.2) is 67.0 Å². The Morgan fingerprint density at radius 2 is 1.50 bits per heavy atom. The lowest BCUT2D eigenvalue weighted by Gasteiger charge is -2.15. The van der Waals surface area contributed by atoms with E-state index >= 15 is 0 Å². The molecule has 1 rings (SSSR count). The summed E-state index contributed by atoms with van der Waals surface area (Å²) in [5.41, 5.74) is 0. The van der Waals surface area contributed by atoms with Crippen LogP contribution in [0.1, 0.15) is 0 Å². The molecule has 10 nitrogen and oxygen atoms in total. The third-order valence-corrected chi connectivity index (χ3v) is 3.61. The van der Waals surface area contributed by atoms with E-state index < -0.39 is 52.6 Å². The highest BCUT2D eigenvalue weighted by atomic mass is 31.2. The van der Waals surface area contributed by atoms with E-state index in [-0.39, 0.29) is 0 Å². The molecule has 0 aromatic carbocycles. The molecule has 1 heterocycles. The second-order valence-corrected chi connectivity index (χ2v) is 6.76. The zero-order chi connectivity index (χ0) is 14.1. The highest BCUT2D eigenvalue weighted by Gasteiger charge is 2.45. The largest absolute Gasteiger partial charge is 0.469 e. The highest BCUT2D eigenvalue weighted by molar-refractivity contribution is 7.51. The van der Waals surface area contributed by atoms with Crippen molar-refractivity contribution < 1.29 is 48.2 Å². The smallest absolute Gasteiger partial charge is 0.388 e. The molecule has 18 heavy (non-hydrogen) atoms. The minimum Gasteiger partial charge on any atom is -0.388 e. The van der Waals surface area contributed by atoms with E-state index in [1.54, 1.807) is 0 Å². The van der Waals surface area contributed by atoms with Gasteiger partial charge in [0.05, 0.1) is 18.9 Å². The van der Waals surface area contributed by atoms with Crippen molar-refractivity contribution in [1.82, 2.24) is 0 Å². The molecule has 0 aliphatic carbocycles. The van der Waals surface area contributed by atoms with E-state index in [9.17, 15) is 19.3 Å². The van der Waals surface area contributed by atoms with Crippen molar-refractivity contribution in [2.45, 2.75) is 24.4 Å². The van der Waals surface area contributed by atoms with E-state index in [4.69, 9.17) is 24.3 Å². The Bertz CT molecular complexity index is 373. The zero-order valence-electron chi connectivity index (χ0n) is 8.93. The molecule has 0 radical (unpaired) electrons. The molecule has 0 aromatic rings. The zero-order valence-corrected chi connectivity index (χ0v) is 10.7. The molecule has 6 N–H and O–H groups in total. The summed E-state index contributed by atoms with van der Waals surface area (Å²) >= 11 is 0. The monoisotopic (exact) mass is 308 g/mol. The summed E-state index contributed by atoms with van der Waals surface area (Å²) in [5, 5.41) is 18.9. The first kappa shape index (κ1) is 16.2. The Morgan fingerprint density at radius 1 is 1.00 bits per heavy atom. The lowest BCUT2D eigenvalue weighted by atomic mass is 10.1. The van der Waals surface area contributed by atoms with Gasteiger partial charge in [-0.1, -0.05) is 0 Å². The number of phosphoric ester groups is 1. The van der Waals surface area contributed by atoms with E-state index in [2.05, 4.69) is 4.52 Å². The summed E-state index contributed by atoms with van der Waals surface area (Å²) in [6, 6.07) is 0. The summed E-state index contributed by atoms with van der Waals surface area (Å²) in [6.45, 7) is -0.708. The van der Waals surface area contributed by atoms with Crippen molar-refractivity contribution >= 4 is 15.4 Å². The Hall–Kier alpha value is 0.140. The molecular weight excluding hydrogens is 294 g/mol. The van der Waals surface area contributed by atoms with Crippen LogP contribution >= 0.6 is 15.4 Å². The van der Waals surface area contributed by atoms with Crippen LogP contribution in [0, 0.1) is 0 Å². The van der Waals surface area contributed by atoms with Crippen molar-refractivity contribution in [3.05, 3.63) is 0 Å². The average Bonchev–Trinajstić information content (AvgIpc) is 2.40. The number of hydrogen-bond donors (Lipinski definition) is 6. The Labute approximate surface area is 102 Å². The van der Waals surface area contributed by atoms with Gasteiger partial charge in [0.1, 0.15) is 18.3 Å². The van der Waals surface area contributed by atoms with Crippen LogP contribution in [0.4, 0.5) is 0 Å². The van der Waals surface area contributed by atoms with Gasteiger partial charge in [0.15, 0.2) is 0 Å². The van der Waals surface area contributed by atoms with Crippen molar-refractivity contribution in [3.8, 4) is 0 Å². The quantitative estimate of drug-likeness (QED) is 0.305. The second-order valence-electron chi connectivity index (χ2n) is 3.83. The maximum absolute atomic E-state index is 10.7. The molecule has 0 bridgehead atoms. The summed E-state index contributed by atoms with van der Waals surface area (Å²) in [5.74, 6) is 0. The lowest BCUT2D eigenvalue weighted by molar-refractivity contribution is -0.0170. The fourth-order valence-corrected chi connectivity index (χ4v) is 2.63. The van der Waals surface area contributed by atoms with Crippen LogP contribution in [0.15, 0.2) is 0 Å². The number of ether oxygens (including phenoxy) is 1. The molecule has 0 aromatic heterocycles. The number of aliphatic hydroxyl groups excluding tert-OH is 2. The van der Waals surface area contributed by atoms with Crippen LogP contribution in [0.3, 0.4) is 0 Å². The first-order chi connectivity index (χ1) is 7.99. The highest BCUT2D eigenvalue weighted by Crippen LogP contribution is 2.40. The molecule has 1 aliphatic rings. The maximum Gasteiger partial charge on any atom is 0.469 e. The van der Waals surface area contributed by atoms with Crippen LogP contribution in [-0.2, 0) is 18.4 Å². The Kier molecular flexibility index (Phi) is 5.07. The standard InChI is InChI=1S/C6H14O10P2/c7-5-3(1-15-18(12,13)14)16-4(6(5)8)2-17(9,10)11/h3-8H,1-2H2,(H2,9,10,11)(H2,12,13,14)/t3-,4+,5+,6-/m0/s1. The molecule has 1 fully saturated rings. The van der Waals surface area contributed by atoms with Gasteiger partial charge in [0, 0.05) is 0 Å². The van der Waals surface area contributed by atoms with Gasteiger partial charge in [-0.05, 0) is 0 Å². The molecule has 4 atom stereocenters. The SMILES string of the molecule is O=P(O)(O)C[C@H]1O[C@@H](COP(=O)(O)O)[C@@H](O)[C@H]1O. The van der Waals surface area contributed by atoms with Crippen LogP contribution in [0.5, 0.6) is 0 Å². The van der Waals surface area contributed by atoms with E-state index in [1.165, 1.54) is 0 Å². The molecule has 0 spiro atoms. The molecule has 108 valence electrons. The molecule has 0 amide bonds. The van der Waals surface area contributed by atoms with Crippen molar-refractivity contribution in [2.24, 2.45) is 0 Å². The molecule has 0 unspecified atom stereocenters. The van der Waals surface area contributed by atoms with Crippen LogP contribution in [0.2, 0.25) is 0 Å². The van der Waals surface area contributed by atoms with Gasteiger partial charge >= 0.3 is 15.4 Å². The molecular formula is C6H14O10P2. The van der Waals surface area contributed by atoms with Gasteiger partial charge in [0.25, 0.3) is 0 Å². The first-order valence-electron chi connectivity index (χ1n) is 4.76. The third-order valence-electron chi connectivity index (χ3n) is 2.29. The van der Waals surface area contributed by atoms with Gasteiger partial charge in [-0.15, -0.1) is 0 Å². The average molecular weight is 308 g/mol. The normalized spacial score (nSPS) is 33.9. The molecule has 0 saturated carbocycles. The summed E-state index contributed by atoms with van der Waals surface area (Å²) < 4.78 is 30.1. The van der Waals surface area contributed by atoms with Crippen molar-refractivity contribution in [3.63, 3.8) is 0 Å². The van der Waals surface area contributed by atoms with Crippen LogP contribution in [0.25, 0.3) is 0 Å². The lowest BCUT2D eigenvalue weighted by Crippen LogP contribution is -2.35. The predicted molar refractivity (Wildman–Crippen MR) is 55.6 cm³/mol.